The van der Waals surface area contributed by atoms with E-state index >= 15 is 0 Å². The second kappa shape index (κ2) is 7.77. The lowest BCUT2D eigenvalue weighted by atomic mass is 10.1. The van der Waals surface area contributed by atoms with Crippen LogP contribution in [0.2, 0.25) is 0 Å². The van der Waals surface area contributed by atoms with Crippen LogP contribution in [0.3, 0.4) is 0 Å². The Balaban J connectivity index is 2.00. The number of carbonyl (C=O) groups excluding carboxylic acids is 1. The Labute approximate surface area is 170 Å². The fraction of sp³-hybridized carbons (Fsp3) is 0.421. The average Bonchev–Trinajstić information content (AvgIpc) is 3.22. The molecule has 0 unspecified atom stereocenters. The highest BCUT2D eigenvalue weighted by atomic mass is 32.2. The van der Waals surface area contributed by atoms with E-state index in [2.05, 4.69) is 5.32 Å². The van der Waals surface area contributed by atoms with Crippen molar-refractivity contribution in [3.63, 3.8) is 0 Å². The molecule has 0 aliphatic carbocycles. The predicted octanol–water partition coefficient (Wildman–Crippen LogP) is 4.60. The first-order chi connectivity index (χ1) is 12.7. The molecule has 0 aliphatic heterocycles. The van der Waals surface area contributed by atoms with Gasteiger partial charge < -0.3 is 5.32 Å². The minimum absolute atomic E-state index is 0.0434. The van der Waals surface area contributed by atoms with Crippen LogP contribution in [0.5, 0.6) is 0 Å². The molecule has 3 aromatic heterocycles. The summed E-state index contributed by atoms with van der Waals surface area (Å²) in [6.45, 7) is 10.1. The summed E-state index contributed by atoms with van der Waals surface area (Å²) < 4.78 is 1.66. The van der Waals surface area contributed by atoms with Gasteiger partial charge in [0.1, 0.15) is 4.83 Å². The topological polar surface area (TPSA) is 64.0 Å². The molecule has 0 aliphatic rings. The lowest BCUT2D eigenvalue weighted by molar-refractivity contribution is -0.121. The van der Waals surface area contributed by atoms with Crippen molar-refractivity contribution in [2.24, 2.45) is 0 Å². The lowest BCUT2D eigenvalue weighted by Crippen LogP contribution is -2.44. The molecule has 0 fully saturated rings. The van der Waals surface area contributed by atoms with E-state index in [1.165, 1.54) is 23.1 Å². The van der Waals surface area contributed by atoms with Crippen molar-refractivity contribution < 1.29 is 4.79 Å². The van der Waals surface area contributed by atoms with Gasteiger partial charge >= 0.3 is 0 Å². The van der Waals surface area contributed by atoms with Crippen molar-refractivity contribution in [3.8, 4) is 10.4 Å². The number of rotatable bonds is 5. The molecule has 0 radical (unpaired) electrons. The third-order valence-corrected chi connectivity index (χ3v) is 6.78. The zero-order chi connectivity index (χ0) is 19.8. The second-order valence-electron chi connectivity index (χ2n) is 7.25. The number of thioether (sulfide) groups is 1. The van der Waals surface area contributed by atoms with Gasteiger partial charge in [0.2, 0.25) is 5.91 Å². The van der Waals surface area contributed by atoms with Crippen LogP contribution in [0.1, 0.15) is 34.6 Å². The van der Waals surface area contributed by atoms with E-state index in [-0.39, 0.29) is 22.3 Å². The number of hydrogen-bond donors (Lipinski definition) is 1. The van der Waals surface area contributed by atoms with Gasteiger partial charge in [0.15, 0.2) is 5.16 Å². The quantitative estimate of drug-likeness (QED) is 0.483. The maximum absolute atomic E-state index is 13.2. The Morgan fingerprint density at radius 1 is 1.37 bits per heavy atom. The Hall–Kier alpha value is -1.64. The number of thiophene rings is 2. The molecule has 0 saturated carbocycles. The summed E-state index contributed by atoms with van der Waals surface area (Å²) in [6, 6.07) is 4.00. The van der Waals surface area contributed by atoms with Crippen LogP contribution in [0, 0.1) is 0 Å². The number of amides is 1. The average molecular weight is 422 g/mol. The van der Waals surface area contributed by atoms with Crippen LogP contribution in [-0.4, -0.2) is 26.2 Å². The first-order valence-electron chi connectivity index (χ1n) is 8.76. The number of aromatic nitrogens is 2. The molecule has 1 N–H and O–H groups in total. The summed E-state index contributed by atoms with van der Waals surface area (Å²) >= 11 is 4.42. The molecule has 0 saturated heterocycles. The van der Waals surface area contributed by atoms with Gasteiger partial charge in [-0.2, -0.15) is 0 Å². The molecule has 5 nitrogen and oxygen atoms in total. The van der Waals surface area contributed by atoms with Gasteiger partial charge in [-0.05, 0) is 46.1 Å². The number of fused-ring (bicyclic) bond motifs is 1. The van der Waals surface area contributed by atoms with Crippen molar-refractivity contribution in [2.75, 3.05) is 0 Å². The Morgan fingerprint density at radius 3 is 2.70 bits per heavy atom. The predicted molar refractivity (Wildman–Crippen MR) is 116 cm³/mol. The first-order valence-corrected chi connectivity index (χ1v) is 11.4. The summed E-state index contributed by atoms with van der Waals surface area (Å²) in [6.07, 6.45) is 0. The SMILES string of the molecule is CCn1c(S[C@@H](C)C(=O)NC(C)(C)C)nc2scc(-c3cccs3)c2c1=O. The molecule has 8 heteroatoms. The Morgan fingerprint density at radius 2 is 2.11 bits per heavy atom. The van der Waals surface area contributed by atoms with E-state index in [0.717, 1.165) is 15.3 Å². The van der Waals surface area contributed by atoms with Crippen LogP contribution >= 0.6 is 34.4 Å². The van der Waals surface area contributed by atoms with Gasteiger partial charge in [0.25, 0.3) is 5.56 Å². The van der Waals surface area contributed by atoms with Gasteiger partial charge in [-0.25, -0.2) is 4.98 Å². The van der Waals surface area contributed by atoms with Gasteiger partial charge in [-0.15, -0.1) is 22.7 Å². The van der Waals surface area contributed by atoms with Gasteiger partial charge in [-0.3, -0.25) is 14.2 Å². The molecular weight excluding hydrogens is 398 g/mol. The second-order valence-corrected chi connectivity index (χ2v) is 10.4. The number of carbonyl (C=O) groups is 1. The van der Waals surface area contributed by atoms with Gasteiger partial charge in [0.05, 0.1) is 10.6 Å². The van der Waals surface area contributed by atoms with E-state index in [1.807, 2.05) is 57.5 Å². The van der Waals surface area contributed by atoms with Crippen LogP contribution in [-0.2, 0) is 11.3 Å². The maximum Gasteiger partial charge on any atom is 0.263 e. The fourth-order valence-electron chi connectivity index (χ4n) is 2.67. The smallest absolute Gasteiger partial charge is 0.263 e. The van der Waals surface area contributed by atoms with E-state index in [0.29, 0.717) is 17.1 Å². The molecule has 3 heterocycles. The minimum atomic E-state index is -0.344. The van der Waals surface area contributed by atoms with E-state index < -0.39 is 0 Å². The molecule has 0 bridgehead atoms. The molecule has 1 amide bonds. The summed E-state index contributed by atoms with van der Waals surface area (Å²) in [4.78, 5) is 32.1. The van der Waals surface area contributed by atoms with Crippen molar-refractivity contribution in [1.29, 1.82) is 0 Å². The van der Waals surface area contributed by atoms with E-state index in [4.69, 9.17) is 4.98 Å². The van der Waals surface area contributed by atoms with Gasteiger partial charge in [0, 0.05) is 27.9 Å². The Bertz CT molecular complexity index is 1010. The monoisotopic (exact) mass is 421 g/mol. The third-order valence-electron chi connectivity index (χ3n) is 3.91. The van der Waals surface area contributed by atoms with E-state index in [1.54, 1.807) is 15.9 Å². The molecule has 0 aromatic carbocycles. The molecule has 3 rings (SSSR count). The molecule has 3 aromatic rings. The summed E-state index contributed by atoms with van der Waals surface area (Å²) in [5.41, 5.74) is 0.606. The minimum Gasteiger partial charge on any atom is -0.351 e. The van der Waals surface area contributed by atoms with Crippen molar-refractivity contribution >= 4 is 50.6 Å². The summed E-state index contributed by atoms with van der Waals surface area (Å²) in [5.74, 6) is -0.0602. The summed E-state index contributed by atoms with van der Waals surface area (Å²) in [5, 5.41) is 7.89. The molecule has 1 atom stereocenters. The number of hydrogen-bond acceptors (Lipinski definition) is 6. The molecular formula is C19H23N3O2S3. The zero-order valence-electron chi connectivity index (χ0n) is 16.0. The number of nitrogens with zero attached hydrogens (tertiary/aromatic N) is 2. The maximum atomic E-state index is 13.2. The highest BCUT2D eigenvalue weighted by Gasteiger charge is 2.23. The largest absolute Gasteiger partial charge is 0.351 e. The molecule has 144 valence electrons. The van der Waals surface area contributed by atoms with Crippen LogP contribution in [0.15, 0.2) is 32.8 Å². The van der Waals surface area contributed by atoms with Crippen LogP contribution in [0.4, 0.5) is 0 Å². The lowest BCUT2D eigenvalue weighted by Gasteiger charge is -2.23. The number of nitrogens with one attached hydrogen (secondary N) is 1. The summed E-state index contributed by atoms with van der Waals surface area (Å²) in [7, 11) is 0. The highest BCUT2D eigenvalue weighted by molar-refractivity contribution is 8.00. The van der Waals surface area contributed by atoms with Crippen LogP contribution < -0.4 is 10.9 Å². The first kappa shape index (κ1) is 20.1. The highest BCUT2D eigenvalue weighted by Crippen LogP contribution is 2.35. The molecule has 0 spiro atoms. The normalized spacial score (nSPS) is 13.1. The fourth-order valence-corrected chi connectivity index (χ4v) is 5.45. The van der Waals surface area contributed by atoms with Crippen LogP contribution in [0.25, 0.3) is 20.7 Å². The van der Waals surface area contributed by atoms with Crippen molar-refractivity contribution in [2.45, 2.75) is 57.1 Å². The van der Waals surface area contributed by atoms with Crippen molar-refractivity contribution in [3.05, 3.63) is 33.2 Å². The third kappa shape index (κ3) is 4.28. The van der Waals surface area contributed by atoms with Gasteiger partial charge in [-0.1, -0.05) is 17.8 Å². The zero-order valence-corrected chi connectivity index (χ0v) is 18.5. The Kier molecular flexibility index (Phi) is 5.79. The van der Waals surface area contributed by atoms with Crippen molar-refractivity contribution in [1.82, 2.24) is 14.9 Å². The van der Waals surface area contributed by atoms with E-state index in [9.17, 15) is 9.59 Å². The standard InChI is InChI=1S/C19H23N3O2S3/c1-6-22-17(24)14-12(13-8-7-9-25-13)10-26-16(14)20-18(22)27-11(2)15(23)21-19(3,4)5/h7-11H,6H2,1-5H3,(H,21,23)/t11-/m0/s1. The molecule has 27 heavy (non-hydrogen) atoms.